The molecule has 0 aromatic heterocycles. The number of nitrogens with two attached hydrogens (primary N) is 1. The fraction of sp³-hybridized carbons (Fsp3) is 0.917. The van der Waals surface area contributed by atoms with Crippen LogP contribution in [0.25, 0.3) is 0 Å². The molecule has 0 saturated heterocycles. The SMILES string of the molecule is CC1CCC(C)C(NC(C)C)(C(N)=O)C1. The number of hydrogen-bond donors (Lipinski definition) is 2. The molecule has 88 valence electrons. The smallest absolute Gasteiger partial charge is 0.238 e. The lowest BCUT2D eigenvalue weighted by atomic mass is 9.69. The van der Waals surface area contributed by atoms with Gasteiger partial charge >= 0.3 is 0 Å². The zero-order chi connectivity index (χ0) is 11.6. The van der Waals surface area contributed by atoms with Crippen LogP contribution in [0.2, 0.25) is 0 Å². The van der Waals surface area contributed by atoms with E-state index in [0.717, 1.165) is 12.8 Å². The van der Waals surface area contributed by atoms with Gasteiger partial charge in [0.05, 0.1) is 0 Å². The van der Waals surface area contributed by atoms with Crippen molar-refractivity contribution in [3.05, 3.63) is 0 Å². The van der Waals surface area contributed by atoms with Gasteiger partial charge in [-0.05, 0) is 38.5 Å². The van der Waals surface area contributed by atoms with Crippen LogP contribution in [-0.2, 0) is 4.79 Å². The van der Waals surface area contributed by atoms with Gasteiger partial charge in [0.2, 0.25) is 5.91 Å². The molecule has 0 aliphatic heterocycles. The van der Waals surface area contributed by atoms with Gasteiger partial charge in [-0.2, -0.15) is 0 Å². The topological polar surface area (TPSA) is 55.1 Å². The van der Waals surface area contributed by atoms with Crippen LogP contribution in [0.3, 0.4) is 0 Å². The molecule has 0 heterocycles. The van der Waals surface area contributed by atoms with Gasteiger partial charge in [0.1, 0.15) is 5.54 Å². The number of carbonyl (C=O) groups excluding carboxylic acids is 1. The second-order valence-corrected chi connectivity index (χ2v) is 5.42. The molecule has 3 heteroatoms. The fourth-order valence-electron chi connectivity index (χ4n) is 2.76. The summed E-state index contributed by atoms with van der Waals surface area (Å²) in [4.78, 5) is 11.7. The van der Waals surface area contributed by atoms with E-state index in [1.807, 2.05) is 0 Å². The van der Waals surface area contributed by atoms with E-state index in [2.05, 4.69) is 33.0 Å². The lowest BCUT2D eigenvalue weighted by molar-refractivity contribution is -0.129. The summed E-state index contributed by atoms with van der Waals surface area (Å²) in [6, 6.07) is 0.297. The maximum atomic E-state index is 11.7. The van der Waals surface area contributed by atoms with Gasteiger partial charge in [-0.3, -0.25) is 4.79 Å². The summed E-state index contributed by atoms with van der Waals surface area (Å²) in [5, 5.41) is 3.40. The highest BCUT2D eigenvalue weighted by atomic mass is 16.1. The minimum absolute atomic E-state index is 0.185. The van der Waals surface area contributed by atoms with Crippen molar-refractivity contribution in [3.8, 4) is 0 Å². The van der Waals surface area contributed by atoms with Gasteiger partial charge in [0.25, 0.3) is 0 Å². The first-order valence-corrected chi connectivity index (χ1v) is 5.96. The molecule has 1 saturated carbocycles. The van der Waals surface area contributed by atoms with Crippen LogP contribution in [0.15, 0.2) is 0 Å². The maximum absolute atomic E-state index is 11.7. The van der Waals surface area contributed by atoms with Crippen LogP contribution in [0.4, 0.5) is 0 Å². The lowest BCUT2D eigenvalue weighted by Gasteiger charge is -2.44. The highest BCUT2D eigenvalue weighted by molar-refractivity contribution is 5.85. The molecule has 3 nitrogen and oxygen atoms in total. The van der Waals surface area contributed by atoms with Crippen LogP contribution in [0.5, 0.6) is 0 Å². The minimum atomic E-state index is -0.480. The molecule has 1 aliphatic carbocycles. The molecule has 0 aromatic rings. The highest BCUT2D eigenvalue weighted by Gasteiger charge is 2.45. The monoisotopic (exact) mass is 212 g/mol. The molecule has 1 amide bonds. The van der Waals surface area contributed by atoms with Crippen molar-refractivity contribution in [2.45, 2.75) is 58.5 Å². The van der Waals surface area contributed by atoms with E-state index in [1.54, 1.807) is 0 Å². The van der Waals surface area contributed by atoms with Crippen molar-refractivity contribution in [1.29, 1.82) is 0 Å². The first-order chi connectivity index (χ1) is 6.88. The third-order valence-corrected chi connectivity index (χ3v) is 3.59. The Morgan fingerprint density at radius 3 is 2.47 bits per heavy atom. The number of primary amides is 1. The third kappa shape index (κ3) is 2.51. The zero-order valence-corrected chi connectivity index (χ0v) is 10.3. The molecule has 1 rings (SSSR count). The number of carbonyl (C=O) groups is 1. The standard InChI is InChI=1S/C12H24N2O/c1-8(2)14-12(11(13)15)7-9(3)5-6-10(12)4/h8-10,14H,5-7H2,1-4H3,(H2,13,15). The number of hydrogen-bond acceptors (Lipinski definition) is 2. The van der Waals surface area contributed by atoms with E-state index in [1.165, 1.54) is 6.42 Å². The van der Waals surface area contributed by atoms with Crippen molar-refractivity contribution in [2.24, 2.45) is 17.6 Å². The van der Waals surface area contributed by atoms with Crippen LogP contribution in [-0.4, -0.2) is 17.5 Å². The Morgan fingerprint density at radius 1 is 1.40 bits per heavy atom. The fourth-order valence-corrected chi connectivity index (χ4v) is 2.76. The number of rotatable bonds is 3. The van der Waals surface area contributed by atoms with E-state index in [9.17, 15) is 4.79 Å². The molecule has 3 atom stereocenters. The van der Waals surface area contributed by atoms with Crippen LogP contribution < -0.4 is 11.1 Å². The van der Waals surface area contributed by atoms with Gasteiger partial charge in [-0.1, -0.05) is 20.3 Å². The Kier molecular flexibility index (Phi) is 3.77. The van der Waals surface area contributed by atoms with E-state index in [-0.39, 0.29) is 5.91 Å². The van der Waals surface area contributed by atoms with Crippen molar-refractivity contribution in [1.82, 2.24) is 5.32 Å². The summed E-state index contributed by atoms with van der Waals surface area (Å²) in [7, 11) is 0. The molecule has 1 aliphatic rings. The maximum Gasteiger partial charge on any atom is 0.238 e. The molecule has 0 bridgehead atoms. The van der Waals surface area contributed by atoms with Crippen LogP contribution >= 0.6 is 0 Å². The normalized spacial score (nSPS) is 36.9. The Bertz CT molecular complexity index is 236. The van der Waals surface area contributed by atoms with Crippen LogP contribution in [0.1, 0.15) is 47.0 Å². The summed E-state index contributed by atoms with van der Waals surface area (Å²) < 4.78 is 0. The van der Waals surface area contributed by atoms with E-state index in [0.29, 0.717) is 17.9 Å². The summed E-state index contributed by atoms with van der Waals surface area (Å²) >= 11 is 0. The average molecular weight is 212 g/mol. The van der Waals surface area contributed by atoms with Gasteiger partial charge in [-0.25, -0.2) is 0 Å². The van der Waals surface area contributed by atoms with Crippen molar-refractivity contribution < 1.29 is 4.79 Å². The lowest BCUT2D eigenvalue weighted by Crippen LogP contribution is -2.63. The van der Waals surface area contributed by atoms with Crippen molar-refractivity contribution in [3.63, 3.8) is 0 Å². The summed E-state index contributed by atoms with van der Waals surface area (Å²) in [5.41, 5.74) is 5.12. The van der Waals surface area contributed by atoms with Gasteiger partial charge in [-0.15, -0.1) is 0 Å². The molecule has 3 N–H and O–H groups in total. The second-order valence-electron chi connectivity index (χ2n) is 5.42. The average Bonchev–Trinajstić information content (AvgIpc) is 2.10. The molecule has 15 heavy (non-hydrogen) atoms. The number of amides is 1. The summed E-state index contributed by atoms with van der Waals surface area (Å²) in [5.74, 6) is 0.740. The Hall–Kier alpha value is -0.570. The molecule has 0 spiro atoms. The van der Waals surface area contributed by atoms with E-state index >= 15 is 0 Å². The third-order valence-electron chi connectivity index (χ3n) is 3.59. The summed E-state index contributed by atoms with van der Waals surface area (Å²) in [6.45, 7) is 8.46. The largest absolute Gasteiger partial charge is 0.368 e. The molecule has 3 unspecified atom stereocenters. The van der Waals surface area contributed by atoms with Gasteiger partial charge in [0, 0.05) is 6.04 Å². The molecule has 0 aromatic carbocycles. The highest BCUT2D eigenvalue weighted by Crippen LogP contribution is 2.37. The predicted molar refractivity (Wildman–Crippen MR) is 62.4 cm³/mol. The predicted octanol–water partition coefficient (Wildman–Crippen LogP) is 1.66. The number of nitrogens with one attached hydrogen (secondary N) is 1. The van der Waals surface area contributed by atoms with E-state index < -0.39 is 5.54 Å². The van der Waals surface area contributed by atoms with E-state index in [4.69, 9.17) is 5.73 Å². The quantitative estimate of drug-likeness (QED) is 0.747. The Morgan fingerprint density at radius 2 is 2.00 bits per heavy atom. The Labute approximate surface area is 92.8 Å². The minimum Gasteiger partial charge on any atom is -0.368 e. The van der Waals surface area contributed by atoms with Crippen LogP contribution in [0, 0.1) is 11.8 Å². The Balaban J connectivity index is 2.90. The summed E-state index contributed by atoms with van der Waals surface area (Å²) in [6.07, 6.45) is 3.17. The molecule has 0 radical (unpaired) electrons. The zero-order valence-electron chi connectivity index (χ0n) is 10.3. The van der Waals surface area contributed by atoms with Gasteiger partial charge < -0.3 is 11.1 Å². The van der Waals surface area contributed by atoms with Crippen molar-refractivity contribution in [2.75, 3.05) is 0 Å². The van der Waals surface area contributed by atoms with Gasteiger partial charge in [0.15, 0.2) is 0 Å². The molecular weight excluding hydrogens is 188 g/mol. The molecular formula is C12H24N2O. The molecule has 1 fully saturated rings. The first-order valence-electron chi connectivity index (χ1n) is 5.96. The van der Waals surface area contributed by atoms with Crippen molar-refractivity contribution >= 4 is 5.91 Å². The second kappa shape index (κ2) is 4.52. The first kappa shape index (κ1) is 12.5.